The van der Waals surface area contributed by atoms with Crippen LogP contribution in [0, 0.1) is 11.7 Å². The van der Waals surface area contributed by atoms with E-state index in [2.05, 4.69) is 4.90 Å². The number of likely N-dealkylation sites (tertiary alicyclic amines) is 1. The highest BCUT2D eigenvalue weighted by Crippen LogP contribution is 2.23. The van der Waals surface area contributed by atoms with Crippen LogP contribution in [0.15, 0.2) is 54.6 Å². The maximum absolute atomic E-state index is 14.0. The van der Waals surface area contributed by atoms with Crippen LogP contribution in [0.1, 0.15) is 36.8 Å². The molecule has 2 aromatic rings. The quantitative estimate of drug-likeness (QED) is 0.634. The Hall–Kier alpha value is -2.24. The summed E-state index contributed by atoms with van der Waals surface area (Å²) in [6.07, 6.45) is 4.81. The fourth-order valence-corrected chi connectivity index (χ4v) is 4.70. The second-order valence-electron chi connectivity index (χ2n) is 8.91. The minimum absolute atomic E-state index is 0.126. The second kappa shape index (κ2) is 10.9. The summed E-state index contributed by atoms with van der Waals surface area (Å²) in [4.78, 5) is 17.5. The smallest absolute Gasteiger partial charge is 0.227 e. The molecule has 0 N–H and O–H groups in total. The van der Waals surface area contributed by atoms with Crippen molar-refractivity contribution in [2.75, 3.05) is 32.8 Å². The third-order valence-electron chi connectivity index (χ3n) is 6.54. The van der Waals surface area contributed by atoms with Gasteiger partial charge in [-0.25, -0.2) is 4.39 Å². The third-order valence-corrected chi connectivity index (χ3v) is 6.54. The van der Waals surface area contributed by atoms with Gasteiger partial charge in [0, 0.05) is 31.8 Å². The van der Waals surface area contributed by atoms with Crippen LogP contribution in [0.5, 0.6) is 0 Å². The molecule has 31 heavy (non-hydrogen) atoms. The average molecular weight is 425 g/mol. The number of hydrogen-bond donors (Lipinski definition) is 0. The van der Waals surface area contributed by atoms with Gasteiger partial charge in [0.2, 0.25) is 5.91 Å². The summed E-state index contributed by atoms with van der Waals surface area (Å²) in [5, 5.41) is 0. The molecular weight excluding hydrogens is 391 g/mol. The van der Waals surface area contributed by atoms with Gasteiger partial charge >= 0.3 is 0 Å². The van der Waals surface area contributed by atoms with Crippen LogP contribution in [-0.4, -0.2) is 54.6 Å². The van der Waals surface area contributed by atoms with Gasteiger partial charge in [-0.3, -0.25) is 9.69 Å². The lowest BCUT2D eigenvalue weighted by Gasteiger charge is -2.35. The molecule has 5 heteroatoms. The summed E-state index contributed by atoms with van der Waals surface area (Å²) in [5.74, 6) is 0.548. The van der Waals surface area contributed by atoms with E-state index in [0.29, 0.717) is 25.4 Å². The topological polar surface area (TPSA) is 32.8 Å². The van der Waals surface area contributed by atoms with E-state index < -0.39 is 0 Å². The number of carbonyl (C=O) groups excluding carboxylic acids is 1. The number of halogens is 1. The second-order valence-corrected chi connectivity index (χ2v) is 8.91. The van der Waals surface area contributed by atoms with Gasteiger partial charge in [-0.1, -0.05) is 48.5 Å². The van der Waals surface area contributed by atoms with Gasteiger partial charge in [-0.15, -0.1) is 0 Å². The van der Waals surface area contributed by atoms with Gasteiger partial charge in [-0.05, 0) is 56.3 Å². The molecule has 2 heterocycles. The lowest BCUT2D eigenvalue weighted by Crippen LogP contribution is -2.44. The Labute approximate surface area is 185 Å². The highest BCUT2D eigenvalue weighted by Gasteiger charge is 2.27. The zero-order chi connectivity index (χ0) is 21.5. The third kappa shape index (κ3) is 6.37. The molecule has 0 bridgehead atoms. The van der Waals surface area contributed by atoms with Crippen molar-refractivity contribution in [2.24, 2.45) is 5.92 Å². The Kier molecular flexibility index (Phi) is 7.71. The monoisotopic (exact) mass is 424 g/mol. The fraction of sp³-hybridized carbons (Fsp3) is 0.500. The number of benzene rings is 2. The number of ether oxygens (including phenoxy) is 1. The van der Waals surface area contributed by atoms with Gasteiger partial charge in [0.25, 0.3) is 0 Å². The summed E-state index contributed by atoms with van der Waals surface area (Å²) in [7, 11) is 0. The Morgan fingerprint density at radius 2 is 1.74 bits per heavy atom. The van der Waals surface area contributed by atoms with Crippen molar-refractivity contribution in [3.05, 3.63) is 71.5 Å². The number of hydrogen-bond acceptors (Lipinski definition) is 3. The first-order valence-corrected chi connectivity index (χ1v) is 11.6. The van der Waals surface area contributed by atoms with Crippen molar-refractivity contribution in [2.45, 2.75) is 44.8 Å². The lowest BCUT2D eigenvalue weighted by atomic mass is 9.95. The number of piperidine rings is 1. The fourth-order valence-electron chi connectivity index (χ4n) is 4.70. The summed E-state index contributed by atoms with van der Waals surface area (Å²) in [6.45, 7) is 4.84. The largest absolute Gasteiger partial charge is 0.376 e. The molecule has 0 spiro atoms. The van der Waals surface area contributed by atoms with Crippen LogP contribution in [0.25, 0.3) is 0 Å². The van der Waals surface area contributed by atoms with E-state index >= 15 is 0 Å². The lowest BCUT2D eigenvalue weighted by molar-refractivity contribution is -0.133. The van der Waals surface area contributed by atoms with Crippen LogP contribution in [0.2, 0.25) is 0 Å². The van der Waals surface area contributed by atoms with E-state index in [1.54, 1.807) is 6.07 Å². The average Bonchev–Trinajstić information content (AvgIpc) is 3.30. The highest BCUT2D eigenvalue weighted by atomic mass is 19.1. The summed E-state index contributed by atoms with van der Waals surface area (Å²) in [5.41, 5.74) is 1.82. The number of amides is 1. The van der Waals surface area contributed by atoms with Crippen LogP contribution in [0.4, 0.5) is 4.39 Å². The molecule has 0 aliphatic carbocycles. The molecule has 4 rings (SSSR count). The number of nitrogens with zero attached hydrogens (tertiary/aromatic N) is 2. The molecule has 166 valence electrons. The SMILES string of the molecule is O=C(Cc1ccccc1)N(CC1CCN(Cc2ccccc2F)CC1)CC1CCCO1. The van der Waals surface area contributed by atoms with Crippen molar-refractivity contribution >= 4 is 5.91 Å². The summed E-state index contributed by atoms with van der Waals surface area (Å²) >= 11 is 0. The molecule has 2 aliphatic rings. The first kappa shape index (κ1) is 22.0. The molecule has 1 unspecified atom stereocenters. The summed E-state index contributed by atoms with van der Waals surface area (Å²) in [6, 6.07) is 17.0. The molecule has 1 amide bonds. The first-order valence-electron chi connectivity index (χ1n) is 11.6. The first-order chi connectivity index (χ1) is 15.2. The van der Waals surface area contributed by atoms with E-state index in [0.717, 1.165) is 63.1 Å². The molecule has 2 aromatic carbocycles. The molecule has 0 aromatic heterocycles. The van der Waals surface area contributed by atoms with E-state index in [1.807, 2.05) is 47.4 Å². The van der Waals surface area contributed by atoms with Crippen molar-refractivity contribution in [3.63, 3.8) is 0 Å². The van der Waals surface area contributed by atoms with Crippen LogP contribution < -0.4 is 0 Å². The molecular formula is C26H33FN2O2. The van der Waals surface area contributed by atoms with Crippen molar-refractivity contribution in [1.29, 1.82) is 0 Å². The molecule has 2 fully saturated rings. The molecule has 2 saturated heterocycles. The summed E-state index contributed by atoms with van der Waals surface area (Å²) < 4.78 is 19.8. The van der Waals surface area contributed by atoms with Gasteiger partial charge in [0.1, 0.15) is 5.82 Å². The van der Waals surface area contributed by atoms with Gasteiger partial charge in [0.15, 0.2) is 0 Å². The molecule has 4 nitrogen and oxygen atoms in total. The molecule has 2 aliphatic heterocycles. The Morgan fingerprint density at radius 1 is 1.00 bits per heavy atom. The number of carbonyl (C=O) groups is 1. The Morgan fingerprint density at radius 3 is 2.45 bits per heavy atom. The zero-order valence-electron chi connectivity index (χ0n) is 18.2. The van der Waals surface area contributed by atoms with E-state index in [1.165, 1.54) is 6.07 Å². The maximum atomic E-state index is 14.0. The normalized spacial score (nSPS) is 20.1. The molecule has 1 atom stereocenters. The van der Waals surface area contributed by atoms with Crippen LogP contribution in [0.3, 0.4) is 0 Å². The minimum atomic E-state index is -0.126. The van der Waals surface area contributed by atoms with Gasteiger partial charge < -0.3 is 9.64 Å². The van der Waals surface area contributed by atoms with Gasteiger partial charge in [0.05, 0.1) is 12.5 Å². The van der Waals surface area contributed by atoms with E-state index in [4.69, 9.17) is 4.74 Å². The van der Waals surface area contributed by atoms with Gasteiger partial charge in [-0.2, -0.15) is 0 Å². The highest BCUT2D eigenvalue weighted by molar-refractivity contribution is 5.78. The standard InChI is InChI=1S/C26H33FN2O2/c27-25-11-5-4-9-23(25)19-28-14-12-22(13-15-28)18-29(20-24-10-6-16-31-24)26(30)17-21-7-2-1-3-8-21/h1-5,7-9,11,22,24H,6,10,12-20H2. The Balaban J connectivity index is 1.32. The predicted molar refractivity (Wildman–Crippen MR) is 120 cm³/mol. The van der Waals surface area contributed by atoms with Crippen molar-refractivity contribution in [1.82, 2.24) is 9.80 Å². The zero-order valence-corrected chi connectivity index (χ0v) is 18.2. The predicted octanol–water partition coefficient (Wildman–Crippen LogP) is 4.29. The van der Waals surface area contributed by atoms with Crippen molar-refractivity contribution < 1.29 is 13.9 Å². The minimum Gasteiger partial charge on any atom is -0.376 e. The van der Waals surface area contributed by atoms with Crippen molar-refractivity contribution in [3.8, 4) is 0 Å². The van der Waals surface area contributed by atoms with E-state index in [-0.39, 0.29) is 17.8 Å². The van der Waals surface area contributed by atoms with E-state index in [9.17, 15) is 9.18 Å². The Bertz CT molecular complexity index is 830. The van der Waals surface area contributed by atoms with Crippen LogP contribution in [-0.2, 0) is 22.5 Å². The van der Waals surface area contributed by atoms with Crippen LogP contribution >= 0.6 is 0 Å². The maximum Gasteiger partial charge on any atom is 0.227 e. The number of rotatable bonds is 8. The molecule has 0 radical (unpaired) electrons. The molecule has 0 saturated carbocycles.